The van der Waals surface area contributed by atoms with Gasteiger partial charge in [-0.15, -0.1) is 0 Å². The average molecular weight is 380 g/mol. The van der Waals surface area contributed by atoms with Crippen LogP contribution in [0.1, 0.15) is 15.9 Å². The number of halogens is 3. The number of carbonyl (C=O) groups excluding carboxylic acids is 1. The molecule has 2 aromatic carbocycles. The number of anilines is 2. The molecule has 0 aliphatic carbocycles. The molecule has 0 atom stereocenters. The van der Waals surface area contributed by atoms with Gasteiger partial charge in [0.15, 0.2) is 0 Å². The van der Waals surface area contributed by atoms with Gasteiger partial charge in [-0.1, -0.05) is 6.07 Å². The molecule has 0 bridgehead atoms. The van der Waals surface area contributed by atoms with Crippen LogP contribution in [0.25, 0.3) is 0 Å². The number of amides is 1. The lowest BCUT2D eigenvalue weighted by atomic mass is 10.1. The highest BCUT2D eigenvalue weighted by Crippen LogP contribution is 2.36. The number of carbonyl (C=O) groups is 1. The quantitative estimate of drug-likeness (QED) is 0.877. The minimum atomic E-state index is -4.50. The van der Waals surface area contributed by atoms with Crippen molar-refractivity contribution in [3.05, 3.63) is 53.6 Å². The smallest absolute Gasteiger partial charge is 0.416 e. The van der Waals surface area contributed by atoms with Crippen LogP contribution >= 0.6 is 0 Å². The average Bonchev–Trinajstić information content (AvgIpc) is 2.68. The molecule has 3 rings (SSSR count). The summed E-state index contributed by atoms with van der Waals surface area (Å²) in [6, 6.07) is 9.78. The molecule has 1 fully saturated rings. The van der Waals surface area contributed by atoms with Crippen molar-refractivity contribution >= 4 is 17.3 Å². The molecule has 2 aromatic rings. The maximum absolute atomic E-state index is 13.1. The Morgan fingerprint density at radius 1 is 1.15 bits per heavy atom. The predicted octanol–water partition coefficient (Wildman–Crippen LogP) is 3.80. The number of hydrogen-bond acceptors (Lipinski definition) is 4. The third kappa shape index (κ3) is 4.51. The number of nitrogens with one attached hydrogen (secondary N) is 1. The second-order valence-corrected chi connectivity index (χ2v) is 6.02. The van der Waals surface area contributed by atoms with E-state index in [9.17, 15) is 18.0 Å². The Bertz CT molecular complexity index is 818. The molecule has 1 amide bonds. The van der Waals surface area contributed by atoms with Gasteiger partial charge in [0.1, 0.15) is 5.75 Å². The Morgan fingerprint density at radius 3 is 2.56 bits per heavy atom. The summed E-state index contributed by atoms with van der Waals surface area (Å²) >= 11 is 0. The summed E-state index contributed by atoms with van der Waals surface area (Å²) in [6.07, 6.45) is -4.50. The van der Waals surface area contributed by atoms with Crippen LogP contribution in [0.4, 0.5) is 24.5 Å². The van der Waals surface area contributed by atoms with Crippen molar-refractivity contribution < 1.29 is 27.4 Å². The van der Waals surface area contributed by atoms with Crippen molar-refractivity contribution in [2.24, 2.45) is 0 Å². The van der Waals surface area contributed by atoms with Crippen LogP contribution in [0.3, 0.4) is 0 Å². The molecule has 1 aliphatic rings. The molecule has 0 unspecified atom stereocenters. The van der Waals surface area contributed by atoms with E-state index in [1.54, 1.807) is 18.2 Å². The van der Waals surface area contributed by atoms with E-state index in [-0.39, 0.29) is 5.69 Å². The Morgan fingerprint density at radius 2 is 1.89 bits per heavy atom. The van der Waals surface area contributed by atoms with Crippen LogP contribution in [0.5, 0.6) is 5.75 Å². The molecule has 1 saturated heterocycles. The number of ether oxygens (including phenoxy) is 2. The molecular weight excluding hydrogens is 361 g/mol. The first kappa shape index (κ1) is 19.0. The fraction of sp³-hybridized carbons (Fsp3) is 0.316. The number of methoxy groups -OCH3 is 1. The van der Waals surface area contributed by atoms with Gasteiger partial charge in [-0.2, -0.15) is 13.2 Å². The SMILES string of the molecule is COc1cccc(C(=O)Nc2cc(C(F)(F)F)ccc2N2CCOCC2)c1. The van der Waals surface area contributed by atoms with Gasteiger partial charge >= 0.3 is 6.18 Å². The monoisotopic (exact) mass is 380 g/mol. The summed E-state index contributed by atoms with van der Waals surface area (Å²) in [5.41, 5.74) is 0.113. The van der Waals surface area contributed by atoms with Gasteiger partial charge in [-0.05, 0) is 36.4 Å². The van der Waals surface area contributed by atoms with E-state index < -0.39 is 17.6 Å². The Labute approximate surface area is 154 Å². The first-order valence-electron chi connectivity index (χ1n) is 8.38. The first-order chi connectivity index (χ1) is 12.9. The largest absolute Gasteiger partial charge is 0.497 e. The standard InChI is InChI=1S/C19H19F3N2O3/c1-26-15-4-2-3-13(11-15)18(25)23-16-12-14(19(20,21)22)5-6-17(16)24-7-9-27-10-8-24/h2-6,11-12H,7-10H2,1H3,(H,23,25). The molecule has 0 aromatic heterocycles. The molecule has 0 radical (unpaired) electrons. The van der Waals surface area contributed by atoms with Gasteiger partial charge in [0.25, 0.3) is 5.91 Å². The topological polar surface area (TPSA) is 50.8 Å². The van der Waals surface area contributed by atoms with E-state index >= 15 is 0 Å². The highest BCUT2D eigenvalue weighted by Gasteiger charge is 2.32. The van der Waals surface area contributed by atoms with Crippen LogP contribution < -0.4 is 15.0 Å². The van der Waals surface area contributed by atoms with Crippen molar-refractivity contribution in [1.29, 1.82) is 0 Å². The Balaban J connectivity index is 1.93. The zero-order valence-corrected chi connectivity index (χ0v) is 14.7. The van der Waals surface area contributed by atoms with Crippen molar-refractivity contribution in [2.75, 3.05) is 43.6 Å². The van der Waals surface area contributed by atoms with E-state index in [2.05, 4.69) is 5.32 Å². The van der Waals surface area contributed by atoms with Crippen LogP contribution in [-0.4, -0.2) is 39.3 Å². The van der Waals surface area contributed by atoms with Crippen LogP contribution in [0.2, 0.25) is 0 Å². The number of rotatable bonds is 4. The fourth-order valence-electron chi connectivity index (χ4n) is 2.85. The summed E-state index contributed by atoms with van der Waals surface area (Å²) in [5, 5.41) is 2.61. The van der Waals surface area contributed by atoms with Gasteiger partial charge in [-0.25, -0.2) is 0 Å². The number of nitrogens with zero attached hydrogens (tertiary/aromatic N) is 1. The van der Waals surface area contributed by atoms with E-state index in [0.717, 1.165) is 12.1 Å². The molecule has 8 heteroatoms. The first-order valence-corrected chi connectivity index (χ1v) is 8.38. The minimum absolute atomic E-state index is 0.111. The number of alkyl halides is 3. The minimum Gasteiger partial charge on any atom is -0.497 e. The molecule has 1 heterocycles. The number of hydrogen-bond donors (Lipinski definition) is 1. The summed E-state index contributed by atoms with van der Waals surface area (Å²) in [5.74, 6) is -0.0252. The highest BCUT2D eigenvalue weighted by atomic mass is 19.4. The van der Waals surface area contributed by atoms with Crippen molar-refractivity contribution in [2.45, 2.75) is 6.18 Å². The molecule has 27 heavy (non-hydrogen) atoms. The Kier molecular flexibility index (Phi) is 5.55. The third-order valence-corrected chi connectivity index (χ3v) is 4.26. The fourth-order valence-corrected chi connectivity index (χ4v) is 2.85. The van der Waals surface area contributed by atoms with Gasteiger partial charge < -0.3 is 19.7 Å². The predicted molar refractivity (Wildman–Crippen MR) is 95.4 cm³/mol. The van der Waals surface area contributed by atoms with E-state index in [4.69, 9.17) is 9.47 Å². The van der Waals surface area contributed by atoms with E-state index in [0.29, 0.717) is 43.3 Å². The second kappa shape index (κ2) is 7.87. The molecule has 0 saturated carbocycles. The summed E-state index contributed by atoms with van der Waals surface area (Å²) in [4.78, 5) is 14.5. The normalized spacial score (nSPS) is 14.7. The van der Waals surface area contributed by atoms with Gasteiger partial charge in [0.2, 0.25) is 0 Å². The van der Waals surface area contributed by atoms with Crippen LogP contribution in [-0.2, 0) is 10.9 Å². The lowest BCUT2D eigenvalue weighted by molar-refractivity contribution is -0.137. The highest BCUT2D eigenvalue weighted by molar-refractivity contribution is 6.06. The van der Waals surface area contributed by atoms with Crippen molar-refractivity contribution in [1.82, 2.24) is 0 Å². The molecule has 1 aliphatic heterocycles. The maximum Gasteiger partial charge on any atom is 0.416 e. The lowest BCUT2D eigenvalue weighted by Gasteiger charge is -2.31. The molecule has 1 N–H and O–H groups in total. The Hall–Kier alpha value is -2.74. The van der Waals surface area contributed by atoms with Crippen LogP contribution in [0.15, 0.2) is 42.5 Å². The lowest BCUT2D eigenvalue weighted by Crippen LogP contribution is -2.36. The van der Waals surface area contributed by atoms with Crippen LogP contribution in [0, 0.1) is 0 Å². The molecule has 5 nitrogen and oxygen atoms in total. The maximum atomic E-state index is 13.1. The van der Waals surface area contributed by atoms with Gasteiger partial charge in [0, 0.05) is 18.7 Å². The second-order valence-electron chi connectivity index (χ2n) is 6.02. The molecule has 0 spiro atoms. The van der Waals surface area contributed by atoms with Gasteiger partial charge in [-0.3, -0.25) is 4.79 Å². The zero-order chi connectivity index (χ0) is 19.4. The van der Waals surface area contributed by atoms with Crippen molar-refractivity contribution in [3.63, 3.8) is 0 Å². The number of benzene rings is 2. The van der Waals surface area contributed by atoms with Crippen molar-refractivity contribution in [3.8, 4) is 5.75 Å². The summed E-state index contributed by atoms with van der Waals surface area (Å²) in [7, 11) is 1.47. The molecule has 144 valence electrons. The van der Waals surface area contributed by atoms with Gasteiger partial charge in [0.05, 0.1) is 37.3 Å². The third-order valence-electron chi connectivity index (χ3n) is 4.26. The summed E-state index contributed by atoms with van der Waals surface area (Å²) in [6.45, 7) is 2.02. The summed E-state index contributed by atoms with van der Waals surface area (Å²) < 4.78 is 49.8. The van der Waals surface area contributed by atoms with E-state index in [1.807, 2.05) is 4.90 Å². The van der Waals surface area contributed by atoms with E-state index in [1.165, 1.54) is 19.2 Å². The zero-order valence-electron chi connectivity index (χ0n) is 14.7. The molecular formula is C19H19F3N2O3. The number of morpholine rings is 1.